The molecule has 0 saturated heterocycles. The molecule has 2 heterocycles. The van der Waals surface area contributed by atoms with Gasteiger partial charge in [-0.15, -0.1) is 0 Å². The summed E-state index contributed by atoms with van der Waals surface area (Å²) in [6, 6.07) is 8.89. The fraction of sp³-hybridized carbons (Fsp3) is 0.0769. The van der Waals surface area contributed by atoms with E-state index in [-0.39, 0.29) is 16.3 Å². The van der Waals surface area contributed by atoms with Crippen LogP contribution in [0.1, 0.15) is 10.4 Å². The Hall–Kier alpha value is -2.18. The van der Waals surface area contributed by atoms with E-state index in [2.05, 4.69) is 15.0 Å². The number of fused-ring (bicyclic) bond motifs is 1. The van der Waals surface area contributed by atoms with Crippen LogP contribution in [0.5, 0.6) is 0 Å². The fourth-order valence-electron chi connectivity index (χ4n) is 1.91. The highest BCUT2D eigenvalue weighted by molar-refractivity contribution is 6.35. The van der Waals surface area contributed by atoms with Crippen LogP contribution in [0, 0.1) is 0 Å². The molecule has 0 fully saturated rings. The maximum atomic E-state index is 12.4. The van der Waals surface area contributed by atoms with Crippen LogP contribution in [-0.2, 0) is 0 Å². The first kappa shape index (κ1) is 13.8. The largest absolute Gasteiger partial charge is 0.272 e. The van der Waals surface area contributed by atoms with Gasteiger partial charge in [-0.05, 0) is 23.7 Å². The molecule has 6 nitrogen and oxygen atoms in total. The topological polar surface area (TPSA) is 63.9 Å². The van der Waals surface area contributed by atoms with E-state index >= 15 is 0 Å². The molecule has 0 saturated carbocycles. The van der Waals surface area contributed by atoms with E-state index in [0.717, 1.165) is 0 Å². The van der Waals surface area contributed by atoms with Crippen LogP contribution in [0.3, 0.4) is 0 Å². The van der Waals surface area contributed by atoms with E-state index in [9.17, 15) is 4.79 Å². The Morgan fingerprint density at radius 3 is 2.62 bits per heavy atom. The molecule has 1 amide bonds. The van der Waals surface area contributed by atoms with Gasteiger partial charge < -0.3 is 0 Å². The van der Waals surface area contributed by atoms with E-state index in [1.807, 2.05) is 6.07 Å². The molecule has 0 unspecified atom stereocenters. The molecule has 0 bridgehead atoms. The Bertz CT molecular complexity index is 818. The zero-order valence-corrected chi connectivity index (χ0v) is 12.4. The lowest BCUT2D eigenvalue weighted by Crippen LogP contribution is -2.36. The van der Waals surface area contributed by atoms with Crippen LogP contribution in [0.4, 0.5) is 0 Å². The van der Waals surface area contributed by atoms with Crippen LogP contribution in [0.15, 0.2) is 36.7 Å². The molecule has 0 N–H and O–H groups in total. The van der Waals surface area contributed by atoms with Crippen molar-refractivity contribution in [2.24, 2.45) is 0 Å². The van der Waals surface area contributed by atoms with Crippen molar-refractivity contribution in [2.75, 3.05) is 12.1 Å². The molecule has 21 heavy (non-hydrogen) atoms. The maximum Gasteiger partial charge on any atom is 0.272 e. The van der Waals surface area contributed by atoms with Gasteiger partial charge in [-0.1, -0.05) is 29.8 Å². The van der Waals surface area contributed by atoms with Gasteiger partial charge in [0.1, 0.15) is 11.8 Å². The van der Waals surface area contributed by atoms with E-state index < -0.39 is 0 Å². The molecule has 0 aliphatic heterocycles. The van der Waals surface area contributed by atoms with Gasteiger partial charge in [0.15, 0.2) is 10.8 Å². The predicted octanol–water partition coefficient (Wildman–Crippen LogP) is 2.54. The van der Waals surface area contributed by atoms with E-state index in [1.165, 1.54) is 16.0 Å². The zero-order valence-electron chi connectivity index (χ0n) is 10.9. The highest BCUT2D eigenvalue weighted by atomic mass is 35.5. The number of amides is 1. The Morgan fingerprint density at radius 1 is 1.19 bits per heavy atom. The summed E-state index contributed by atoms with van der Waals surface area (Å²) in [5.74, 6) is -0.208. The smallest absolute Gasteiger partial charge is 0.267 e. The van der Waals surface area contributed by atoms with Crippen molar-refractivity contribution in [3.63, 3.8) is 0 Å². The first-order valence-corrected chi connectivity index (χ1v) is 6.73. The van der Waals surface area contributed by atoms with Gasteiger partial charge in [0.05, 0.1) is 0 Å². The van der Waals surface area contributed by atoms with Crippen molar-refractivity contribution in [2.45, 2.75) is 0 Å². The minimum Gasteiger partial charge on any atom is -0.267 e. The van der Waals surface area contributed by atoms with E-state index in [1.54, 1.807) is 31.3 Å². The Balaban J connectivity index is 2.06. The average molecular weight is 322 g/mol. The number of halogens is 2. The van der Waals surface area contributed by atoms with Gasteiger partial charge in [-0.25, -0.2) is 19.7 Å². The van der Waals surface area contributed by atoms with Crippen molar-refractivity contribution in [3.05, 3.63) is 52.7 Å². The third-order valence-electron chi connectivity index (χ3n) is 2.95. The van der Waals surface area contributed by atoms with Crippen molar-refractivity contribution >= 4 is 40.3 Å². The zero-order chi connectivity index (χ0) is 15.0. The number of benzene rings is 1. The lowest BCUT2D eigenvalue weighted by molar-refractivity contribution is 0.0968. The van der Waals surface area contributed by atoms with Crippen LogP contribution in [-0.4, -0.2) is 32.6 Å². The van der Waals surface area contributed by atoms with Crippen molar-refractivity contribution < 1.29 is 4.79 Å². The second-order valence-corrected chi connectivity index (χ2v) is 4.94. The lowest BCUT2D eigenvalue weighted by Gasteiger charge is -2.18. The minimum absolute atomic E-state index is 0.00481. The molecule has 106 valence electrons. The summed E-state index contributed by atoms with van der Waals surface area (Å²) in [4.78, 5) is 24.4. The molecule has 1 aromatic carbocycles. The molecule has 0 spiro atoms. The van der Waals surface area contributed by atoms with Crippen LogP contribution >= 0.6 is 23.2 Å². The Labute approximate surface area is 129 Å². The summed E-state index contributed by atoms with van der Waals surface area (Å²) in [6.07, 6.45) is 1.45. The fourth-order valence-corrected chi connectivity index (χ4v) is 2.34. The van der Waals surface area contributed by atoms with Gasteiger partial charge in [0.25, 0.3) is 5.91 Å². The molecule has 2 aromatic heterocycles. The summed E-state index contributed by atoms with van der Waals surface area (Å²) in [7, 11) is 1.61. The number of hydrogen-bond acceptors (Lipinski definition) is 4. The predicted molar refractivity (Wildman–Crippen MR) is 80.3 cm³/mol. The van der Waals surface area contributed by atoms with Gasteiger partial charge >= 0.3 is 0 Å². The lowest BCUT2D eigenvalue weighted by atomic mass is 10.2. The van der Waals surface area contributed by atoms with Crippen LogP contribution in [0.25, 0.3) is 11.2 Å². The molecule has 8 heteroatoms. The van der Waals surface area contributed by atoms with E-state index in [0.29, 0.717) is 16.7 Å². The second kappa shape index (κ2) is 5.31. The number of nitrogens with zero attached hydrogens (tertiary/aromatic N) is 5. The van der Waals surface area contributed by atoms with Crippen molar-refractivity contribution in [1.29, 1.82) is 0 Å². The molecule has 0 atom stereocenters. The molecule has 0 aliphatic rings. The molecular formula is C13H9Cl2N5O. The third-order valence-corrected chi connectivity index (χ3v) is 3.38. The highest BCUT2D eigenvalue weighted by Crippen LogP contribution is 2.20. The number of aromatic nitrogens is 4. The van der Waals surface area contributed by atoms with Crippen molar-refractivity contribution in [3.8, 4) is 0 Å². The van der Waals surface area contributed by atoms with E-state index in [4.69, 9.17) is 23.2 Å². The first-order valence-electron chi connectivity index (χ1n) is 5.97. The molecule has 3 aromatic rings. The summed E-state index contributed by atoms with van der Waals surface area (Å²) < 4.78 is 1.48. The molecular weight excluding hydrogens is 313 g/mol. The minimum atomic E-state index is -0.208. The number of carbonyl (C=O) groups excluding carboxylic acids is 1. The van der Waals surface area contributed by atoms with Crippen LogP contribution < -0.4 is 5.01 Å². The summed E-state index contributed by atoms with van der Waals surface area (Å²) in [5.41, 5.74) is 1.30. The van der Waals surface area contributed by atoms with Gasteiger partial charge in [-0.3, -0.25) is 4.79 Å². The van der Waals surface area contributed by atoms with Gasteiger partial charge in [0.2, 0.25) is 5.28 Å². The normalized spacial score (nSPS) is 10.8. The quantitative estimate of drug-likeness (QED) is 0.537. The molecule has 0 radical (unpaired) electrons. The second-order valence-electron chi connectivity index (χ2n) is 4.24. The standard InChI is InChI=1S/C13H9Cl2N5O/c1-19(12(21)8-5-3-2-4-6-8)20-7-16-9-10(14)17-13(15)18-11(9)20/h2-7H,1H3. The van der Waals surface area contributed by atoms with Crippen LogP contribution in [0.2, 0.25) is 10.4 Å². The SMILES string of the molecule is CN(C(=O)c1ccccc1)n1cnc2c(Cl)nc(Cl)nc21. The summed E-state index contributed by atoms with van der Waals surface area (Å²) in [6.45, 7) is 0. The monoisotopic (exact) mass is 321 g/mol. The number of hydrogen-bond donors (Lipinski definition) is 0. The first-order chi connectivity index (χ1) is 10.1. The Morgan fingerprint density at radius 2 is 1.90 bits per heavy atom. The third kappa shape index (κ3) is 2.43. The number of rotatable bonds is 2. The average Bonchev–Trinajstić information content (AvgIpc) is 2.90. The summed E-state index contributed by atoms with van der Waals surface area (Å²) >= 11 is 11.8. The molecule has 0 aliphatic carbocycles. The highest BCUT2D eigenvalue weighted by Gasteiger charge is 2.18. The maximum absolute atomic E-state index is 12.4. The number of imidazole rings is 1. The Kier molecular flexibility index (Phi) is 3.48. The van der Waals surface area contributed by atoms with Gasteiger partial charge in [0, 0.05) is 12.6 Å². The summed E-state index contributed by atoms with van der Waals surface area (Å²) in [5, 5.41) is 1.52. The number of carbonyl (C=O) groups is 1. The van der Waals surface area contributed by atoms with Gasteiger partial charge in [-0.2, -0.15) is 4.98 Å². The molecule has 3 rings (SSSR count). The van der Waals surface area contributed by atoms with Crippen molar-refractivity contribution in [1.82, 2.24) is 19.6 Å².